The summed E-state index contributed by atoms with van der Waals surface area (Å²) >= 11 is 0. The van der Waals surface area contributed by atoms with Gasteiger partial charge in [0, 0.05) is 31.6 Å². The molecule has 168 valence electrons. The van der Waals surface area contributed by atoms with Crippen LogP contribution in [0.2, 0.25) is 0 Å². The highest BCUT2D eigenvalue weighted by atomic mass is 35.5. The molecule has 0 amide bonds. The van der Waals surface area contributed by atoms with E-state index >= 15 is 0 Å². The molecule has 0 radical (unpaired) electrons. The number of fused-ring (bicyclic) bond motifs is 1. The van der Waals surface area contributed by atoms with Gasteiger partial charge in [0.1, 0.15) is 22.9 Å². The lowest BCUT2D eigenvalue weighted by Crippen LogP contribution is -2.14. The summed E-state index contributed by atoms with van der Waals surface area (Å²) in [4.78, 5) is 9.86. The second-order valence-electron chi connectivity index (χ2n) is 6.67. The van der Waals surface area contributed by atoms with Gasteiger partial charge < -0.3 is 19.7 Å². The van der Waals surface area contributed by atoms with E-state index in [1.807, 2.05) is 0 Å². The number of nitrogens with one attached hydrogen (secondary N) is 1. The van der Waals surface area contributed by atoms with E-state index in [2.05, 4.69) is 15.3 Å². The first-order valence-electron chi connectivity index (χ1n) is 9.09. The minimum absolute atomic E-state index is 0. The highest BCUT2D eigenvalue weighted by molar-refractivity contribution is 7.91. The Morgan fingerprint density at radius 2 is 1.71 bits per heavy atom. The molecule has 0 saturated heterocycles. The zero-order valence-corrected chi connectivity index (χ0v) is 19.4. The van der Waals surface area contributed by atoms with Crippen molar-refractivity contribution in [3.63, 3.8) is 0 Å². The molecule has 0 spiro atoms. The Hall–Kier alpha value is -2.85. The molecule has 0 aliphatic heterocycles. The molecule has 0 bridgehead atoms. The lowest BCUT2D eigenvalue weighted by atomic mass is 10.2. The van der Waals surface area contributed by atoms with Crippen molar-refractivity contribution in [2.75, 3.05) is 44.3 Å². The molecule has 1 aromatic heterocycles. The topological polar surface area (TPSA) is 93.7 Å². The third kappa shape index (κ3) is 4.75. The number of hydrogen-bond acceptors (Lipinski definition) is 8. The average Bonchev–Trinajstić information content (AvgIpc) is 2.73. The second-order valence-corrected chi connectivity index (χ2v) is 8.92. The van der Waals surface area contributed by atoms with Crippen LogP contribution in [0.25, 0.3) is 10.9 Å². The Labute approximate surface area is 186 Å². The molecule has 0 aliphatic rings. The lowest BCUT2D eigenvalue weighted by Gasteiger charge is -2.20. The van der Waals surface area contributed by atoms with Crippen molar-refractivity contribution in [2.24, 2.45) is 0 Å². The zero-order chi connectivity index (χ0) is 22.1. The van der Waals surface area contributed by atoms with E-state index in [4.69, 9.17) is 9.47 Å². The van der Waals surface area contributed by atoms with Gasteiger partial charge >= 0.3 is 0 Å². The number of benzene rings is 2. The zero-order valence-electron chi connectivity index (χ0n) is 17.8. The van der Waals surface area contributed by atoms with Gasteiger partial charge in [0.25, 0.3) is 0 Å². The van der Waals surface area contributed by atoms with Crippen LogP contribution in [-0.4, -0.2) is 52.5 Å². The fraction of sp³-hybridized carbons (Fsp3) is 0.300. The van der Waals surface area contributed by atoms with E-state index in [0.717, 1.165) is 0 Å². The molecule has 0 aliphatic carbocycles. The standard InChI is InChI=1S/C20H23FN4O4S.ClH/c1-6-30(26,27)19-10-15(16(25(2)3)8-13(19)21)24-20-12-7-17(28-4)18(29-5)9-14(12)22-11-23-20;/h7-11H,6H2,1-5H3,(H,22,23,24);1H. The van der Waals surface area contributed by atoms with Crippen LogP contribution in [-0.2, 0) is 9.84 Å². The van der Waals surface area contributed by atoms with Gasteiger partial charge in [0.05, 0.1) is 36.9 Å². The fourth-order valence-electron chi connectivity index (χ4n) is 3.02. The Morgan fingerprint density at radius 3 is 2.29 bits per heavy atom. The first kappa shape index (κ1) is 24.4. The highest BCUT2D eigenvalue weighted by Gasteiger charge is 2.22. The number of hydrogen-bond donors (Lipinski definition) is 1. The number of ether oxygens (including phenoxy) is 2. The quantitative estimate of drug-likeness (QED) is 0.557. The van der Waals surface area contributed by atoms with Gasteiger partial charge in [-0.15, -0.1) is 12.4 Å². The molecular formula is C20H24ClFN4O4S. The number of anilines is 3. The molecule has 2 aromatic carbocycles. The molecule has 0 atom stereocenters. The number of rotatable bonds is 7. The van der Waals surface area contributed by atoms with Gasteiger partial charge in [-0.1, -0.05) is 6.92 Å². The summed E-state index contributed by atoms with van der Waals surface area (Å²) in [5, 5.41) is 3.76. The predicted octanol–water partition coefficient (Wildman–Crippen LogP) is 3.81. The van der Waals surface area contributed by atoms with Crippen LogP contribution >= 0.6 is 12.4 Å². The van der Waals surface area contributed by atoms with Crippen LogP contribution < -0.4 is 19.7 Å². The number of aromatic nitrogens is 2. The summed E-state index contributed by atoms with van der Waals surface area (Å²) in [6.45, 7) is 1.47. The van der Waals surface area contributed by atoms with Gasteiger partial charge in [0.15, 0.2) is 21.3 Å². The maximum absolute atomic E-state index is 14.6. The molecule has 8 nitrogen and oxygen atoms in total. The molecule has 11 heteroatoms. The molecule has 0 saturated carbocycles. The van der Waals surface area contributed by atoms with Gasteiger partial charge in [0.2, 0.25) is 0 Å². The maximum Gasteiger partial charge on any atom is 0.181 e. The summed E-state index contributed by atoms with van der Waals surface area (Å²) in [5.41, 5.74) is 1.46. The predicted molar refractivity (Wildman–Crippen MR) is 122 cm³/mol. The number of sulfone groups is 1. The van der Waals surface area contributed by atoms with E-state index in [1.54, 1.807) is 31.1 Å². The minimum Gasteiger partial charge on any atom is -0.493 e. The van der Waals surface area contributed by atoms with Crippen LogP contribution in [0.1, 0.15) is 6.92 Å². The van der Waals surface area contributed by atoms with Crippen molar-refractivity contribution in [3.8, 4) is 11.5 Å². The molecule has 1 heterocycles. The van der Waals surface area contributed by atoms with E-state index < -0.39 is 15.7 Å². The number of nitrogens with zero attached hydrogens (tertiary/aromatic N) is 3. The summed E-state index contributed by atoms with van der Waals surface area (Å²) in [6.07, 6.45) is 1.37. The number of methoxy groups -OCH3 is 2. The Morgan fingerprint density at radius 1 is 1.06 bits per heavy atom. The molecule has 3 aromatic rings. The van der Waals surface area contributed by atoms with Crippen LogP contribution in [0.4, 0.5) is 21.6 Å². The van der Waals surface area contributed by atoms with Crippen LogP contribution in [0.15, 0.2) is 35.5 Å². The van der Waals surface area contributed by atoms with Gasteiger partial charge in [-0.2, -0.15) is 0 Å². The van der Waals surface area contributed by atoms with Crippen molar-refractivity contribution < 1.29 is 22.3 Å². The summed E-state index contributed by atoms with van der Waals surface area (Å²) in [6, 6.07) is 5.92. The van der Waals surface area contributed by atoms with Gasteiger partial charge in [-0.05, 0) is 12.1 Å². The minimum atomic E-state index is -3.75. The molecule has 1 N–H and O–H groups in total. The molecule has 31 heavy (non-hydrogen) atoms. The monoisotopic (exact) mass is 470 g/mol. The molecule has 0 unspecified atom stereocenters. The van der Waals surface area contributed by atoms with Gasteiger partial charge in [-0.3, -0.25) is 0 Å². The van der Waals surface area contributed by atoms with Crippen LogP contribution in [0, 0.1) is 5.82 Å². The lowest BCUT2D eigenvalue weighted by molar-refractivity contribution is 0.356. The maximum atomic E-state index is 14.6. The van der Waals surface area contributed by atoms with Crippen LogP contribution in [0.5, 0.6) is 11.5 Å². The SMILES string of the molecule is CCS(=O)(=O)c1cc(Nc2ncnc3cc(OC)c(OC)cc23)c(N(C)C)cc1F.Cl. The smallest absolute Gasteiger partial charge is 0.181 e. The first-order valence-corrected chi connectivity index (χ1v) is 10.7. The van der Waals surface area contributed by atoms with E-state index in [9.17, 15) is 12.8 Å². The van der Waals surface area contributed by atoms with E-state index in [0.29, 0.717) is 39.6 Å². The van der Waals surface area contributed by atoms with Crippen molar-refractivity contribution >= 4 is 50.3 Å². The third-order valence-electron chi connectivity index (χ3n) is 4.64. The first-order chi connectivity index (χ1) is 14.2. The number of halogens is 2. The largest absolute Gasteiger partial charge is 0.493 e. The fourth-order valence-corrected chi connectivity index (χ4v) is 3.98. The summed E-state index contributed by atoms with van der Waals surface area (Å²) < 4.78 is 49.9. The highest BCUT2D eigenvalue weighted by Crippen LogP contribution is 2.37. The molecule has 3 rings (SSSR count). The Balaban J connectivity index is 0.00000341. The van der Waals surface area contributed by atoms with Crippen molar-refractivity contribution in [2.45, 2.75) is 11.8 Å². The van der Waals surface area contributed by atoms with E-state index in [-0.39, 0.29) is 23.1 Å². The van der Waals surface area contributed by atoms with Crippen LogP contribution in [0.3, 0.4) is 0 Å². The third-order valence-corrected chi connectivity index (χ3v) is 6.38. The normalized spacial score (nSPS) is 11.0. The van der Waals surface area contributed by atoms with Crippen molar-refractivity contribution in [1.29, 1.82) is 0 Å². The molecule has 0 fully saturated rings. The Kier molecular flexibility index (Phi) is 7.50. The Bertz CT molecular complexity index is 1210. The molecular weight excluding hydrogens is 447 g/mol. The van der Waals surface area contributed by atoms with E-state index in [1.165, 1.54) is 39.6 Å². The van der Waals surface area contributed by atoms with Gasteiger partial charge in [-0.25, -0.2) is 22.8 Å². The summed E-state index contributed by atoms with van der Waals surface area (Å²) in [7, 11) is 2.77. The summed E-state index contributed by atoms with van der Waals surface area (Å²) in [5.74, 6) is 0.407. The van der Waals surface area contributed by atoms with Crippen molar-refractivity contribution in [1.82, 2.24) is 9.97 Å². The van der Waals surface area contributed by atoms with Crippen molar-refractivity contribution in [3.05, 3.63) is 36.4 Å². The second kappa shape index (κ2) is 9.52. The average molecular weight is 471 g/mol.